The molecule has 0 saturated heterocycles. The van der Waals surface area contributed by atoms with E-state index in [-0.39, 0.29) is 17.1 Å². The molecule has 0 aromatic heterocycles. The quantitative estimate of drug-likeness (QED) is 0.355. The van der Waals surface area contributed by atoms with E-state index in [0.29, 0.717) is 35.5 Å². The van der Waals surface area contributed by atoms with E-state index in [2.05, 4.69) is 0 Å². The van der Waals surface area contributed by atoms with E-state index in [1.807, 2.05) is 19.9 Å². The van der Waals surface area contributed by atoms with Crippen LogP contribution >= 0.6 is 0 Å². The van der Waals surface area contributed by atoms with Crippen LogP contribution in [-0.4, -0.2) is 35.7 Å². The third-order valence-electron chi connectivity index (χ3n) is 4.50. The highest BCUT2D eigenvalue weighted by Crippen LogP contribution is 2.49. The van der Waals surface area contributed by atoms with Gasteiger partial charge in [-0.15, -0.1) is 0 Å². The maximum absolute atomic E-state index is 12.4. The van der Waals surface area contributed by atoms with Crippen LogP contribution in [0, 0.1) is 0 Å². The molecule has 1 N–H and O–H groups in total. The van der Waals surface area contributed by atoms with Crippen LogP contribution in [0.1, 0.15) is 63.0 Å². The first-order chi connectivity index (χ1) is 12.5. The Hall–Kier alpha value is -2.34. The van der Waals surface area contributed by atoms with Gasteiger partial charge in [0.05, 0.1) is 12.7 Å². The van der Waals surface area contributed by atoms with Crippen LogP contribution < -0.4 is 14.2 Å². The summed E-state index contributed by atoms with van der Waals surface area (Å²) in [4.78, 5) is 24.2. The van der Waals surface area contributed by atoms with E-state index in [9.17, 15) is 14.7 Å². The zero-order valence-electron chi connectivity index (χ0n) is 17.1. The fourth-order valence-electron chi connectivity index (χ4n) is 3.18. The number of methoxy groups -OCH3 is 1. The van der Waals surface area contributed by atoms with Gasteiger partial charge in [-0.1, -0.05) is 11.6 Å². The van der Waals surface area contributed by atoms with Gasteiger partial charge in [0, 0.05) is 24.5 Å². The van der Waals surface area contributed by atoms with Crippen LogP contribution in [0.3, 0.4) is 0 Å². The van der Waals surface area contributed by atoms with Gasteiger partial charge in [0.1, 0.15) is 23.2 Å². The molecule has 1 heterocycles. The van der Waals surface area contributed by atoms with Crippen molar-refractivity contribution in [2.45, 2.75) is 66.1 Å². The number of aliphatic hydroxyl groups is 1. The number of hydrogen-bond acceptors (Lipinski definition) is 6. The second-order valence-electron chi connectivity index (χ2n) is 7.62. The van der Waals surface area contributed by atoms with Gasteiger partial charge in [-0.25, -0.2) is 0 Å². The highest BCUT2D eigenvalue weighted by Gasteiger charge is 2.41. The van der Waals surface area contributed by atoms with Crippen molar-refractivity contribution < 1.29 is 28.9 Å². The Labute approximate surface area is 160 Å². The third-order valence-corrected chi connectivity index (χ3v) is 4.50. The SMILES string of the molecule is COc1c2c(c(CC=C(C)C)c(OC(C)=O)c1C(C)=O)OC(C(C)(C)O)C2. The highest BCUT2D eigenvalue weighted by molar-refractivity contribution is 6.02. The second kappa shape index (κ2) is 7.72. The molecule has 0 bridgehead atoms. The topological polar surface area (TPSA) is 82.1 Å². The molecule has 6 nitrogen and oxygen atoms in total. The molecule has 1 atom stereocenters. The molecule has 0 amide bonds. The van der Waals surface area contributed by atoms with E-state index in [0.717, 1.165) is 5.57 Å². The van der Waals surface area contributed by atoms with Crippen molar-refractivity contribution in [1.29, 1.82) is 0 Å². The molecule has 1 aromatic carbocycles. The smallest absolute Gasteiger partial charge is 0.308 e. The largest absolute Gasteiger partial charge is 0.495 e. The number of benzene rings is 1. The molecule has 148 valence electrons. The zero-order chi connectivity index (χ0) is 20.5. The number of hydrogen-bond donors (Lipinski definition) is 1. The average Bonchev–Trinajstić information content (AvgIpc) is 2.96. The predicted molar refractivity (Wildman–Crippen MR) is 102 cm³/mol. The number of fused-ring (bicyclic) bond motifs is 1. The van der Waals surface area contributed by atoms with Crippen molar-refractivity contribution in [3.63, 3.8) is 0 Å². The van der Waals surface area contributed by atoms with Crippen molar-refractivity contribution >= 4 is 11.8 Å². The lowest BCUT2D eigenvalue weighted by Gasteiger charge is -2.25. The average molecular weight is 376 g/mol. The van der Waals surface area contributed by atoms with Crippen LogP contribution in [-0.2, 0) is 17.6 Å². The van der Waals surface area contributed by atoms with Gasteiger partial charge in [0.2, 0.25) is 0 Å². The van der Waals surface area contributed by atoms with Crippen molar-refractivity contribution in [3.8, 4) is 17.2 Å². The summed E-state index contributed by atoms with van der Waals surface area (Å²) in [7, 11) is 1.47. The van der Waals surface area contributed by atoms with E-state index in [1.54, 1.807) is 13.8 Å². The van der Waals surface area contributed by atoms with Gasteiger partial charge in [-0.2, -0.15) is 0 Å². The number of esters is 1. The van der Waals surface area contributed by atoms with Gasteiger partial charge in [0.25, 0.3) is 0 Å². The molecule has 6 heteroatoms. The van der Waals surface area contributed by atoms with Crippen LogP contribution in [0.2, 0.25) is 0 Å². The van der Waals surface area contributed by atoms with Crippen molar-refractivity contribution in [1.82, 2.24) is 0 Å². The molecular weight excluding hydrogens is 348 g/mol. The van der Waals surface area contributed by atoms with Gasteiger partial charge >= 0.3 is 5.97 Å². The Kier molecular flexibility index (Phi) is 6.00. The number of ether oxygens (including phenoxy) is 3. The van der Waals surface area contributed by atoms with Crippen LogP contribution in [0.25, 0.3) is 0 Å². The van der Waals surface area contributed by atoms with Crippen LogP contribution in [0.5, 0.6) is 17.2 Å². The summed E-state index contributed by atoms with van der Waals surface area (Å²) in [5.41, 5.74) is 1.54. The first-order valence-electron chi connectivity index (χ1n) is 8.94. The standard InChI is InChI=1S/C21H28O6/c1-11(2)8-9-14-18-15(10-16(27-18)21(5,6)24)19(25-7)17(12(3)22)20(14)26-13(4)23/h8,16,24H,9-10H2,1-7H3. The molecule has 0 spiro atoms. The lowest BCUT2D eigenvalue weighted by molar-refractivity contribution is -0.131. The van der Waals surface area contributed by atoms with E-state index in [1.165, 1.54) is 21.0 Å². The monoisotopic (exact) mass is 376 g/mol. The molecule has 27 heavy (non-hydrogen) atoms. The summed E-state index contributed by atoms with van der Waals surface area (Å²) in [6, 6.07) is 0. The molecule has 1 aliphatic heterocycles. The van der Waals surface area contributed by atoms with Crippen LogP contribution in [0.4, 0.5) is 0 Å². The minimum atomic E-state index is -1.09. The number of carbonyl (C=O) groups is 2. The highest BCUT2D eigenvalue weighted by atomic mass is 16.5. The minimum Gasteiger partial charge on any atom is -0.495 e. The first-order valence-corrected chi connectivity index (χ1v) is 8.94. The Morgan fingerprint density at radius 1 is 1.22 bits per heavy atom. The molecule has 1 aromatic rings. The summed E-state index contributed by atoms with van der Waals surface area (Å²) in [5, 5.41) is 10.4. The maximum Gasteiger partial charge on any atom is 0.308 e. The summed E-state index contributed by atoms with van der Waals surface area (Å²) >= 11 is 0. The second-order valence-corrected chi connectivity index (χ2v) is 7.62. The van der Waals surface area contributed by atoms with Crippen molar-refractivity contribution in [3.05, 3.63) is 28.3 Å². The molecule has 0 aliphatic carbocycles. The van der Waals surface area contributed by atoms with Crippen LogP contribution in [0.15, 0.2) is 11.6 Å². The Bertz CT molecular complexity index is 794. The summed E-state index contributed by atoms with van der Waals surface area (Å²) in [6.07, 6.45) is 2.29. The lowest BCUT2D eigenvalue weighted by atomic mass is 9.92. The Morgan fingerprint density at radius 2 is 1.85 bits per heavy atom. The summed E-state index contributed by atoms with van der Waals surface area (Å²) < 4.78 is 17.0. The number of carbonyl (C=O) groups excluding carboxylic acids is 2. The van der Waals surface area contributed by atoms with E-state index < -0.39 is 17.7 Å². The summed E-state index contributed by atoms with van der Waals surface area (Å²) in [5.74, 6) is 0.213. The molecule has 0 fully saturated rings. The Balaban J connectivity index is 2.81. The van der Waals surface area contributed by atoms with Gasteiger partial charge in [0.15, 0.2) is 11.5 Å². The van der Waals surface area contributed by atoms with Crippen molar-refractivity contribution in [2.75, 3.05) is 7.11 Å². The maximum atomic E-state index is 12.4. The van der Waals surface area contributed by atoms with Gasteiger partial charge in [-0.05, 0) is 41.0 Å². The molecule has 0 saturated carbocycles. The predicted octanol–water partition coefficient (Wildman–Crippen LogP) is 3.41. The van der Waals surface area contributed by atoms with E-state index in [4.69, 9.17) is 14.2 Å². The molecule has 1 aliphatic rings. The number of rotatable bonds is 6. The van der Waals surface area contributed by atoms with E-state index >= 15 is 0 Å². The third kappa shape index (κ3) is 4.33. The number of Topliss-reactive ketones (excluding diaryl/α,β-unsaturated/α-hetero) is 1. The van der Waals surface area contributed by atoms with Gasteiger partial charge in [-0.3, -0.25) is 9.59 Å². The molecule has 1 unspecified atom stereocenters. The number of allylic oxidation sites excluding steroid dienone is 2. The Morgan fingerprint density at radius 3 is 2.30 bits per heavy atom. The molecule has 0 radical (unpaired) electrons. The number of ketones is 1. The normalized spacial score (nSPS) is 15.6. The fourth-order valence-corrected chi connectivity index (χ4v) is 3.18. The molecule has 2 rings (SSSR count). The van der Waals surface area contributed by atoms with Crippen molar-refractivity contribution in [2.24, 2.45) is 0 Å². The fraction of sp³-hybridized carbons (Fsp3) is 0.524. The first kappa shape index (κ1) is 21.0. The lowest BCUT2D eigenvalue weighted by Crippen LogP contribution is -2.39. The minimum absolute atomic E-state index is 0.166. The molecular formula is C21H28O6. The zero-order valence-corrected chi connectivity index (χ0v) is 17.1. The summed E-state index contributed by atoms with van der Waals surface area (Å²) in [6.45, 7) is 9.96. The van der Waals surface area contributed by atoms with Gasteiger partial charge < -0.3 is 19.3 Å².